The second-order valence-electron chi connectivity index (χ2n) is 10.7. The summed E-state index contributed by atoms with van der Waals surface area (Å²) in [7, 11) is 0. The molecule has 0 saturated carbocycles. The third kappa shape index (κ3) is 2.73. The number of rotatable bonds is 1. The van der Waals surface area contributed by atoms with Gasteiger partial charge in [0.25, 0.3) is 0 Å². The molecule has 5 heterocycles. The Kier molecular flexibility index (Phi) is 4.04. The van der Waals surface area contributed by atoms with Crippen molar-refractivity contribution < 1.29 is 0 Å². The molecular weight excluding hydrogens is 520 g/mol. The summed E-state index contributed by atoms with van der Waals surface area (Å²) in [6, 6.07) is 41.4. The van der Waals surface area contributed by atoms with E-state index < -0.39 is 0 Å². The molecule has 0 spiro atoms. The average molecular weight is 541 g/mol. The van der Waals surface area contributed by atoms with Crippen LogP contribution in [0.15, 0.2) is 121 Å². The molecule has 0 aliphatic carbocycles. The number of fused-ring (bicyclic) bond motifs is 15. The van der Waals surface area contributed by atoms with E-state index in [1.54, 1.807) is 0 Å². The Hall–Kier alpha value is -5.26. The molecule has 0 radical (unpaired) electrons. The predicted molar refractivity (Wildman–Crippen MR) is 173 cm³/mol. The number of hydrogen-bond acceptors (Lipinski definition) is 3. The average Bonchev–Trinajstić information content (AvgIpc) is 3.70. The van der Waals surface area contributed by atoms with Crippen molar-refractivity contribution in [3.8, 4) is 5.69 Å². The standard InChI is InChI=1S/C36H20N4S/c1-2-9-21(10-3-1)39-31-20-28-26(25-12-8-18-37-35(25)40-30-14-6-5-13-29(30)38-36(28)40)19-27(31)23-16-17-24-22-11-4-7-15-32(22)41-34(24)33(23)39/h1-20H. The van der Waals surface area contributed by atoms with Crippen LogP contribution in [0.25, 0.3) is 86.2 Å². The smallest absolute Gasteiger partial charge is 0.147 e. The van der Waals surface area contributed by atoms with Crippen LogP contribution >= 0.6 is 11.3 Å². The van der Waals surface area contributed by atoms with E-state index in [-0.39, 0.29) is 0 Å². The largest absolute Gasteiger partial charge is 0.308 e. The van der Waals surface area contributed by atoms with Crippen LogP contribution in [0.5, 0.6) is 0 Å². The van der Waals surface area contributed by atoms with Crippen molar-refractivity contribution in [3.63, 3.8) is 0 Å². The van der Waals surface area contributed by atoms with Crippen molar-refractivity contribution in [2.45, 2.75) is 0 Å². The Morgan fingerprint density at radius 1 is 0.537 bits per heavy atom. The van der Waals surface area contributed by atoms with Crippen molar-refractivity contribution in [2.75, 3.05) is 0 Å². The fourth-order valence-corrected chi connectivity index (χ4v) is 8.02. The molecule has 0 N–H and O–H groups in total. The molecule has 41 heavy (non-hydrogen) atoms. The number of hydrogen-bond donors (Lipinski definition) is 0. The molecule has 5 aromatic heterocycles. The Balaban J connectivity index is 1.49. The fourth-order valence-electron chi connectivity index (χ4n) is 6.78. The molecule has 5 aromatic carbocycles. The first-order valence-corrected chi connectivity index (χ1v) is 14.6. The lowest BCUT2D eigenvalue weighted by Crippen LogP contribution is -1.96. The number of para-hydroxylation sites is 3. The van der Waals surface area contributed by atoms with E-state index in [2.05, 4.69) is 112 Å². The van der Waals surface area contributed by atoms with E-state index in [0.29, 0.717) is 0 Å². The zero-order valence-electron chi connectivity index (χ0n) is 21.7. The number of imidazole rings is 1. The molecule has 0 aliphatic rings. The van der Waals surface area contributed by atoms with Gasteiger partial charge in [-0.2, -0.15) is 0 Å². The van der Waals surface area contributed by atoms with Gasteiger partial charge >= 0.3 is 0 Å². The van der Waals surface area contributed by atoms with Gasteiger partial charge in [-0.25, -0.2) is 9.97 Å². The van der Waals surface area contributed by atoms with E-state index in [1.807, 2.05) is 29.7 Å². The van der Waals surface area contributed by atoms with Gasteiger partial charge in [-0.05, 0) is 60.0 Å². The zero-order chi connectivity index (χ0) is 26.7. The topological polar surface area (TPSA) is 35.1 Å². The molecule has 0 aliphatic heterocycles. The fraction of sp³-hybridized carbons (Fsp3) is 0. The normalized spacial score (nSPS) is 12.4. The van der Waals surface area contributed by atoms with Crippen LogP contribution in [0.2, 0.25) is 0 Å². The highest BCUT2D eigenvalue weighted by atomic mass is 32.1. The molecule has 0 amide bonds. The number of nitrogens with zero attached hydrogens (tertiary/aromatic N) is 4. The molecule has 190 valence electrons. The highest BCUT2D eigenvalue weighted by Crippen LogP contribution is 2.44. The Bertz CT molecular complexity index is 2690. The minimum atomic E-state index is 0.932. The van der Waals surface area contributed by atoms with E-state index in [9.17, 15) is 0 Å². The van der Waals surface area contributed by atoms with Gasteiger partial charge in [0.15, 0.2) is 0 Å². The highest BCUT2D eigenvalue weighted by Gasteiger charge is 2.21. The summed E-state index contributed by atoms with van der Waals surface area (Å²) in [5, 5.41) is 8.54. The van der Waals surface area contributed by atoms with Crippen LogP contribution < -0.4 is 0 Å². The van der Waals surface area contributed by atoms with Crippen molar-refractivity contribution >= 4 is 91.8 Å². The maximum absolute atomic E-state index is 5.15. The SMILES string of the molecule is c1ccc(-n2c3cc4c(cc3c3ccc5c6ccccc6sc5c32)c2cccnc2n2c3ccccc3nc42)cc1. The van der Waals surface area contributed by atoms with Gasteiger partial charge in [0.1, 0.15) is 11.3 Å². The number of pyridine rings is 2. The summed E-state index contributed by atoms with van der Waals surface area (Å²) in [6.07, 6.45) is 1.88. The maximum Gasteiger partial charge on any atom is 0.147 e. The molecule has 4 nitrogen and oxygen atoms in total. The Morgan fingerprint density at radius 3 is 2.29 bits per heavy atom. The van der Waals surface area contributed by atoms with Crippen molar-refractivity contribution in [1.82, 2.24) is 18.9 Å². The van der Waals surface area contributed by atoms with E-state index in [0.717, 1.165) is 38.8 Å². The van der Waals surface area contributed by atoms with Crippen molar-refractivity contribution in [2.24, 2.45) is 0 Å². The third-order valence-corrected chi connectivity index (χ3v) is 9.71. The third-order valence-electron chi connectivity index (χ3n) is 8.52. The summed E-state index contributed by atoms with van der Waals surface area (Å²) in [6.45, 7) is 0. The van der Waals surface area contributed by atoms with Crippen molar-refractivity contribution in [1.29, 1.82) is 0 Å². The van der Waals surface area contributed by atoms with Gasteiger partial charge < -0.3 is 4.57 Å². The second-order valence-corrected chi connectivity index (χ2v) is 11.7. The summed E-state index contributed by atoms with van der Waals surface area (Å²) >= 11 is 1.88. The lowest BCUT2D eigenvalue weighted by atomic mass is 10.0. The lowest BCUT2D eigenvalue weighted by Gasteiger charge is -2.11. The van der Waals surface area contributed by atoms with Gasteiger partial charge in [-0.3, -0.25) is 4.40 Å². The van der Waals surface area contributed by atoms with Gasteiger partial charge in [-0.1, -0.05) is 60.7 Å². The summed E-state index contributed by atoms with van der Waals surface area (Å²) in [5.41, 5.74) is 7.51. The molecule has 0 fully saturated rings. The molecule has 0 unspecified atom stereocenters. The Labute approximate surface area is 237 Å². The number of thiophene rings is 1. The van der Waals surface area contributed by atoms with Crippen LogP contribution in [0, 0.1) is 0 Å². The summed E-state index contributed by atoms with van der Waals surface area (Å²) < 4.78 is 7.30. The van der Waals surface area contributed by atoms with Gasteiger partial charge in [0.05, 0.1) is 26.8 Å². The summed E-state index contributed by atoms with van der Waals surface area (Å²) in [5.74, 6) is 0. The number of aromatic nitrogens is 4. The van der Waals surface area contributed by atoms with Gasteiger partial charge in [-0.15, -0.1) is 11.3 Å². The van der Waals surface area contributed by atoms with Gasteiger partial charge in [0, 0.05) is 48.9 Å². The van der Waals surface area contributed by atoms with Crippen LogP contribution in [-0.4, -0.2) is 18.9 Å². The quantitative estimate of drug-likeness (QED) is 0.194. The van der Waals surface area contributed by atoms with E-state index in [4.69, 9.17) is 9.97 Å². The predicted octanol–water partition coefficient (Wildman–Crippen LogP) is 9.65. The molecule has 0 saturated heterocycles. The van der Waals surface area contributed by atoms with Crippen LogP contribution in [-0.2, 0) is 0 Å². The Morgan fingerprint density at radius 2 is 1.34 bits per heavy atom. The van der Waals surface area contributed by atoms with E-state index in [1.165, 1.54) is 47.4 Å². The lowest BCUT2D eigenvalue weighted by molar-refractivity contribution is 1.19. The molecule has 0 bridgehead atoms. The van der Waals surface area contributed by atoms with Crippen molar-refractivity contribution in [3.05, 3.63) is 121 Å². The van der Waals surface area contributed by atoms with Crippen LogP contribution in [0.4, 0.5) is 0 Å². The molecule has 5 heteroatoms. The minimum Gasteiger partial charge on any atom is -0.308 e. The molecule has 0 atom stereocenters. The van der Waals surface area contributed by atoms with E-state index >= 15 is 0 Å². The van der Waals surface area contributed by atoms with Gasteiger partial charge in [0.2, 0.25) is 0 Å². The minimum absolute atomic E-state index is 0.932. The van der Waals surface area contributed by atoms with Crippen LogP contribution in [0.3, 0.4) is 0 Å². The monoisotopic (exact) mass is 540 g/mol. The highest BCUT2D eigenvalue weighted by molar-refractivity contribution is 7.26. The molecule has 10 aromatic rings. The number of benzene rings is 5. The maximum atomic E-state index is 5.15. The first kappa shape index (κ1) is 21.5. The molecule has 10 rings (SSSR count). The first-order chi connectivity index (χ1) is 20.3. The summed E-state index contributed by atoms with van der Waals surface area (Å²) in [4.78, 5) is 10.0. The molecular formula is C36H20N4S. The van der Waals surface area contributed by atoms with Crippen LogP contribution in [0.1, 0.15) is 0 Å². The first-order valence-electron chi connectivity index (χ1n) is 13.8. The second kappa shape index (κ2) is 7.68. The zero-order valence-corrected chi connectivity index (χ0v) is 22.6.